The molecule has 0 aliphatic carbocycles. The number of aliphatic imine (C=N–C) groups is 1. The van der Waals surface area contributed by atoms with Crippen LogP contribution in [0.15, 0.2) is 87.3 Å². The fourth-order valence-corrected chi connectivity index (χ4v) is 5.31. The summed E-state index contributed by atoms with van der Waals surface area (Å²) in [7, 11) is -8.59. The maximum absolute atomic E-state index is 11.5. The zero-order chi connectivity index (χ0) is 25.8. The van der Waals surface area contributed by atoms with E-state index in [1.807, 2.05) is 58.1 Å². The molecular weight excluding hydrogens is 488 g/mol. The first-order chi connectivity index (χ1) is 16.1. The number of fused-ring (bicyclic) bond motifs is 2. The lowest BCUT2D eigenvalue weighted by atomic mass is 9.81. The Morgan fingerprint density at radius 1 is 0.800 bits per heavy atom. The molecule has 0 aromatic heterocycles. The van der Waals surface area contributed by atoms with Crippen molar-refractivity contribution in [3.05, 3.63) is 83.6 Å². The van der Waals surface area contributed by atoms with Crippen LogP contribution in [0.5, 0.6) is 0 Å². The molecule has 0 saturated heterocycles. The van der Waals surface area contributed by atoms with Gasteiger partial charge in [0, 0.05) is 22.2 Å². The van der Waals surface area contributed by atoms with Gasteiger partial charge in [-0.3, -0.25) is 14.1 Å². The average molecular weight is 515 g/mol. The van der Waals surface area contributed by atoms with E-state index >= 15 is 0 Å². The van der Waals surface area contributed by atoms with E-state index in [4.69, 9.17) is 0 Å². The third-order valence-electron chi connectivity index (χ3n) is 6.46. The third-order valence-corrected chi connectivity index (χ3v) is 8.16. The van der Waals surface area contributed by atoms with Gasteiger partial charge in [-0.25, -0.2) is 0 Å². The zero-order valence-electron chi connectivity index (χ0n) is 19.6. The topological polar surface area (TPSA) is 133 Å². The highest BCUT2D eigenvalue weighted by molar-refractivity contribution is 7.86. The Morgan fingerprint density at radius 3 is 2.03 bits per heavy atom. The highest BCUT2D eigenvalue weighted by atomic mass is 32.2. The Kier molecular flexibility index (Phi) is 5.92. The molecule has 0 amide bonds. The van der Waals surface area contributed by atoms with Crippen LogP contribution < -0.4 is 5.32 Å². The van der Waals surface area contributed by atoms with Gasteiger partial charge in [0.1, 0.15) is 0 Å². The maximum atomic E-state index is 11.5. The molecule has 8 nitrogen and oxygen atoms in total. The molecule has 0 saturated carbocycles. The molecule has 2 aliphatic heterocycles. The number of allylic oxidation sites excluding steroid dienone is 6. The lowest BCUT2D eigenvalue weighted by Crippen LogP contribution is -2.24. The molecule has 2 heterocycles. The molecule has 4 rings (SSSR count). The summed E-state index contributed by atoms with van der Waals surface area (Å²) in [5, 5.41) is 3.29. The molecule has 0 atom stereocenters. The molecule has 0 bridgehead atoms. The number of benzene rings is 2. The van der Waals surface area contributed by atoms with Crippen LogP contribution in [0.3, 0.4) is 0 Å². The molecule has 0 fully saturated rings. The summed E-state index contributed by atoms with van der Waals surface area (Å²) in [5.74, 6) is 0. The molecule has 0 radical (unpaired) electrons. The van der Waals surface area contributed by atoms with Crippen molar-refractivity contribution in [1.29, 1.82) is 0 Å². The normalized spacial score (nSPS) is 19.7. The molecule has 10 heteroatoms. The molecule has 2 aromatic carbocycles. The van der Waals surface area contributed by atoms with Crippen LogP contribution in [0.1, 0.15) is 38.8 Å². The van der Waals surface area contributed by atoms with E-state index in [-0.39, 0.29) is 9.79 Å². The van der Waals surface area contributed by atoms with Gasteiger partial charge in [-0.1, -0.05) is 45.9 Å². The Labute approximate surface area is 205 Å². The molecule has 0 unspecified atom stereocenters. The first-order valence-electron chi connectivity index (χ1n) is 10.8. The zero-order valence-corrected chi connectivity index (χ0v) is 21.3. The monoisotopic (exact) mass is 514 g/mol. The Hall–Kier alpha value is -3.05. The van der Waals surface area contributed by atoms with E-state index in [0.717, 1.165) is 28.2 Å². The number of nitrogens with zero attached hydrogens (tertiary/aromatic N) is 1. The van der Waals surface area contributed by atoms with Gasteiger partial charge in [0.2, 0.25) is 0 Å². The van der Waals surface area contributed by atoms with E-state index in [0.29, 0.717) is 5.69 Å². The van der Waals surface area contributed by atoms with Crippen LogP contribution in [0.25, 0.3) is 0 Å². The minimum Gasteiger partial charge on any atom is -0.358 e. The van der Waals surface area contributed by atoms with Crippen LogP contribution in [0, 0.1) is 0 Å². The van der Waals surface area contributed by atoms with Crippen LogP contribution in [0.2, 0.25) is 0 Å². The van der Waals surface area contributed by atoms with E-state index in [1.165, 1.54) is 24.3 Å². The summed E-state index contributed by atoms with van der Waals surface area (Å²) in [4.78, 5) is 4.30. The highest BCUT2D eigenvalue weighted by Crippen LogP contribution is 2.44. The predicted molar refractivity (Wildman–Crippen MR) is 136 cm³/mol. The molecular formula is C25H26N2O6S2. The van der Waals surface area contributed by atoms with Crippen molar-refractivity contribution >= 4 is 37.3 Å². The van der Waals surface area contributed by atoms with Gasteiger partial charge < -0.3 is 5.32 Å². The van der Waals surface area contributed by atoms with Gasteiger partial charge in [0.25, 0.3) is 20.2 Å². The Bertz CT molecular complexity index is 1560. The summed E-state index contributed by atoms with van der Waals surface area (Å²) in [6.45, 7) is 7.79. The number of rotatable bonds is 5. The standard InChI is InChI=1S/C25H26N2O6S2/c1-24(2)18-14-16(34(28,29)30)10-12-20(18)26-22(24)8-6-5-7-9-23-25(3,4)19-15-17(35(31,32)33)11-13-21(19)27-23/h5-15,26H,1-4H3,(H,28,29,30)(H,31,32,33). The minimum atomic E-state index is -4.30. The number of hydrogen-bond acceptors (Lipinski definition) is 6. The summed E-state index contributed by atoms with van der Waals surface area (Å²) >= 11 is 0. The van der Waals surface area contributed by atoms with E-state index < -0.39 is 31.1 Å². The lowest BCUT2D eigenvalue weighted by Gasteiger charge is -2.20. The number of anilines is 1. The molecule has 3 N–H and O–H groups in total. The fourth-order valence-electron chi connectivity index (χ4n) is 4.30. The summed E-state index contributed by atoms with van der Waals surface area (Å²) in [6, 6.07) is 8.84. The summed E-state index contributed by atoms with van der Waals surface area (Å²) < 4.78 is 64.7. The van der Waals surface area contributed by atoms with Crippen molar-refractivity contribution in [3.63, 3.8) is 0 Å². The first kappa shape index (κ1) is 25.1. The Balaban J connectivity index is 1.52. The minimum absolute atomic E-state index is 0.143. The van der Waals surface area contributed by atoms with Gasteiger partial charge >= 0.3 is 0 Å². The van der Waals surface area contributed by atoms with Crippen molar-refractivity contribution in [2.45, 2.75) is 48.3 Å². The number of hydrogen-bond donors (Lipinski definition) is 3. The molecule has 2 aromatic rings. The second-order valence-corrected chi connectivity index (χ2v) is 12.4. The van der Waals surface area contributed by atoms with Gasteiger partial charge in [-0.15, -0.1) is 0 Å². The van der Waals surface area contributed by atoms with Gasteiger partial charge in [0.05, 0.1) is 21.2 Å². The van der Waals surface area contributed by atoms with Crippen LogP contribution in [0.4, 0.5) is 11.4 Å². The molecule has 35 heavy (non-hydrogen) atoms. The van der Waals surface area contributed by atoms with Gasteiger partial charge in [0.15, 0.2) is 0 Å². The lowest BCUT2D eigenvalue weighted by molar-refractivity contribution is 0.480. The summed E-state index contributed by atoms with van der Waals surface area (Å²) in [5.41, 5.74) is 3.52. The average Bonchev–Trinajstić information content (AvgIpc) is 3.15. The predicted octanol–water partition coefficient (Wildman–Crippen LogP) is 4.94. The quantitative estimate of drug-likeness (QED) is 0.380. The largest absolute Gasteiger partial charge is 0.358 e. The van der Waals surface area contributed by atoms with E-state index in [2.05, 4.69) is 10.3 Å². The van der Waals surface area contributed by atoms with Crippen molar-refractivity contribution in [2.24, 2.45) is 4.99 Å². The van der Waals surface area contributed by atoms with Crippen molar-refractivity contribution in [3.8, 4) is 0 Å². The highest BCUT2D eigenvalue weighted by Gasteiger charge is 2.36. The SMILES string of the molecule is CC1(C)C(C=CC=CC=C2Nc3ccc(S(=O)(=O)O)cc3C2(C)C)=Nc2ccc(S(=O)(=O)O)cc21. The van der Waals surface area contributed by atoms with E-state index in [9.17, 15) is 25.9 Å². The van der Waals surface area contributed by atoms with Crippen molar-refractivity contribution in [2.75, 3.05) is 5.32 Å². The fraction of sp³-hybridized carbons (Fsp3) is 0.240. The maximum Gasteiger partial charge on any atom is 0.294 e. The van der Waals surface area contributed by atoms with Crippen molar-refractivity contribution < 1.29 is 25.9 Å². The Morgan fingerprint density at radius 2 is 1.40 bits per heavy atom. The van der Waals surface area contributed by atoms with Gasteiger partial charge in [-0.05, 0) is 59.7 Å². The molecule has 2 aliphatic rings. The smallest absolute Gasteiger partial charge is 0.294 e. The second-order valence-electron chi connectivity index (χ2n) is 9.53. The molecule has 184 valence electrons. The first-order valence-corrected chi connectivity index (χ1v) is 13.7. The third kappa shape index (κ3) is 4.62. The van der Waals surface area contributed by atoms with Gasteiger partial charge in [-0.2, -0.15) is 16.8 Å². The van der Waals surface area contributed by atoms with Crippen LogP contribution in [-0.4, -0.2) is 31.7 Å². The molecule has 0 spiro atoms. The van der Waals surface area contributed by atoms with Crippen molar-refractivity contribution in [1.82, 2.24) is 0 Å². The van der Waals surface area contributed by atoms with Crippen LogP contribution >= 0.6 is 0 Å². The summed E-state index contributed by atoms with van der Waals surface area (Å²) in [6.07, 6.45) is 9.26. The van der Waals surface area contributed by atoms with Crippen LogP contribution in [-0.2, 0) is 31.1 Å². The second kappa shape index (κ2) is 8.27. The number of nitrogens with one attached hydrogen (secondary N) is 1. The van der Waals surface area contributed by atoms with E-state index in [1.54, 1.807) is 12.1 Å².